The topological polar surface area (TPSA) is 41.4 Å². The van der Waals surface area contributed by atoms with Gasteiger partial charge in [0.1, 0.15) is 0 Å². The highest BCUT2D eigenvalue weighted by atomic mass is 16.2. The van der Waals surface area contributed by atoms with Gasteiger partial charge in [-0.25, -0.2) is 0 Å². The van der Waals surface area contributed by atoms with Crippen LogP contribution < -0.4 is 0 Å². The number of nitrogens with zero attached hydrogens (tertiary/aromatic N) is 4. The van der Waals surface area contributed by atoms with Gasteiger partial charge in [-0.05, 0) is 51.3 Å². The molecule has 5 heteroatoms. The first-order valence-electron chi connectivity index (χ1n) is 8.02. The zero-order chi connectivity index (χ0) is 15.2. The van der Waals surface area contributed by atoms with Gasteiger partial charge in [-0.3, -0.25) is 9.48 Å². The molecule has 1 aromatic heterocycles. The minimum atomic E-state index is 0.255. The van der Waals surface area contributed by atoms with Crippen LogP contribution in [0, 0.1) is 0 Å². The van der Waals surface area contributed by atoms with Gasteiger partial charge < -0.3 is 9.80 Å². The lowest BCUT2D eigenvalue weighted by atomic mass is 10.1. The average Bonchev–Trinajstić information content (AvgIpc) is 3.13. The molecule has 0 bridgehead atoms. The van der Waals surface area contributed by atoms with Crippen molar-refractivity contribution < 1.29 is 4.79 Å². The molecule has 1 aliphatic heterocycles. The molecule has 0 N–H and O–H groups in total. The maximum absolute atomic E-state index is 12.2. The number of hydrogen-bond acceptors (Lipinski definition) is 3. The third-order valence-electron chi connectivity index (χ3n) is 4.46. The minimum Gasteiger partial charge on any atom is -0.345 e. The van der Waals surface area contributed by atoms with E-state index >= 15 is 0 Å². The van der Waals surface area contributed by atoms with Gasteiger partial charge in [0.05, 0.1) is 6.20 Å². The van der Waals surface area contributed by atoms with Crippen LogP contribution in [-0.2, 0) is 18.3 Å². The van der Waals surface area contributed by atoms with E-state index in [4.69, 9.17) is 0 Å². The van der Waals surface area contributed by atoms with Crippen LogP contribution in [0.2, 0.25) is 0 Å². The zero-order valence-corrected chi connectivity index (χ0v) is 13.6. The van der Waals surface area contributed by atoms with Crippen molar-refractivity contribution in [2.75, 3.05) is 26.7 Å². The first kappa shape index (κ1) is 16.0. The van der Waals surface area contributed by atoms with Crippen molar-refractivity contribution in [2.45, 2.75) is 45.1 Å². The van der Waals surface area contributed by atoms with Gasteiger partial charge in [-0.15, -0.1) is 0 Å². The second kappa shape index (κ2) is 7.59. The molecule has 1 amide bonds. The molecule has 0 spiro atoms. The number of hydrogen-bond donors (Lipinski definition) is 0. The van der Waals surface area contributed by atoms with E-state index in [0.29, 0.717) is 12.5 Å². The van der Waals surface area contributed by atoms with Gasteiger partial charge in [-0.2, -0.15) is 5.10 Å². The second-order valence-corrected chi connectivity index (χ2v) is 6.22. The van der Waals surface area contributed by atoms with Crippen molar-refractivity contribution in [3.8, 4) is 0 Å². The molecule has 2 rings (SSSR count). The molecule has 21 heavy (non-hydrogen) atoms. The third-order valence-corrected chi connectivity index (χ3v) is 4.46. The summed E-state index contributed by atoms with van der Waals surface area (Å²) in [4.78, 5) is 16.5. The van der Waals surface area contributed by atoms with E-state index in [1.165, 1.54) is 31.5 Å². The van der Waals surface area contributed by atoms with Crippen LogP contribution in [0.25, 0.3) is 0 Å². The summed E-state index contributed by atoms with van der Waals surface area (Å²) in [5.74, 6) is 0.255. The highest BCUT2D eigenvalue weighted by molar-refractivity contribution is 5.75. The summed E-state index contributed by atoms with van der Waals surface area (Å²) in [6.07, 6.45) is 8.99. The number of likely N-dealkylation sites (N-methyl/N-ethyl adjacent to an activating group) is 1. The van der Waals surface area contributed by atoms with Crippen LogP contribution in [0.4, 0.5) is 0 Å². The fraction of sp³-hybridized carbons (Fsp3) is 0.750. The molecule has 118 valence electrons. The number of aryl methyl sites for hydroxylation is 1. The molecule has 0 saturated carbocycles. The van der Waals surface area contributed by atoms with Crippen molar-refractivity contribution >= 4 is 5.91 Å². The summed E-state index contributed by atoms with van der Waals surface area (Å²) < 4.78 is 1.80. The van der Waals surface area contributed by atoms with E-state index in [0.717, 1.165) is 19.4 Å². The Morgan fingerprint density at radius 3 is 2.76 bits per heavy atom. The number of carbonyl (C=O) groups excluding carboxylic acids is 1. The van der Waals surface area contributed by atoms with Crippen LogP contribution in [0.3, 0.4) is 0 Å². The fourth-order valence-corrected chi connectivity index (χ4v) is 2.91. The lowest BCUT2D eigenvalue weighted by Crippen LogP contribution is -2.33. The van der Waals surface area contributed by atoms with E-state index in [9.17, 15) is 4.79 Å². The maximum Gasteiger partial charge on any atom is 0.222 e. The molecular formula is C16H28N4O. The van der Waals surface area contributed by atoms with Crippen LogP contribution in [-0.4, -0.2) is 58.2 Å². The Hall–Kier alpha value is -1.36. The summed E-state index contributed by atoms with van der Waals surface area (Å²) in [5.41, 5.74) is 1.18. The maximum atomic E-state index is 12.2. The smallest absolute Gasteiger partial charge is 0.222 e. The Bertz CT molecular complexity index is 451. The first-order chi connectivity index (χ1) is 10.1. The van der Waals surface area contributed by atoms with Gasteiger partial charge in [0.15, 0.2) is 0 Å². The quantitative estimate of drug-likeness (QED) is 0.768. The number of amides is 1. The third kappa shape index (κ3) is 4.84. The normalized spacial score (nSPS) is 17.1. The van der Waals surface area contributed by atoms with Gasteiger partial charge >= 0.3 is 0 Å². The summed E-state index contributed by atoms with van der Waals surface area (Å²) in [6, 6.07) is 0.531. The van der Waals surface area contributed by atoms with Gasteiger partial charge in [0.25, 0.3) is 0 Å². The van der Waals surface area contributed by atoms with E-state index in [-0.39, 0.29) is 5.91 Å². The number of rotatable bonds is 7. The van der Waals surface area contributed by atoms with E-state index in [1.807, 2.05) is 31.4 Å². The minimum absolute atomic E-state index is 0.255. The van der Waals surface area contributed by atoms with Gasteiger partial charge in [-0.1, -0.05) is 0 Å². The Labute approximate surface area is 127 Å². The highest BCUT2D eigenvalue weighted by Gasteiger charge is 2.19. The largest absolute Gasteiger partial charge is 0.345 e. The Balaban J connectivity index is 1.67. The van der Waals surface area contributed by atoms with Crippen LogP contribution in [0.1, 0.15) is 38.2 Å². The molecule has 1 aliphatic rings. The summed E-state index contributed by atoms with van der Waals surface area (Å²) in [6.45, 7) is 5.41. The predicted octanol–water partition coefficient (Wildman–Crippen LogP) is 1.69. The van der Waals surface area contributed by atoms with Crippen molar-refractivity contribution in [1.82, 2.24) is 19.6 Å². The Morgan fingerprint density at radius 1 is 1.43 bits per heavy atom. The van der Waals surface area contributed by atoms with E-state index in [1.54, 1.807) is 4.68 Å². The molecule has 0 aliphatic carbocycles. The Morgan fingerprint density at radius 2 is 2.14 bits per heavy atom. The molecule has 0 aromatic carbocycles. The average molecular weight is 292 g/mol. The van der Waals surface area contributed by atoms with Crippen molar-refractivity contribution in [3.63, 3.8) is 0 Å². The van der Waals surface area contributed by atoms with Crippen molar-refractivity contribution in [2.24, 2.45) is 7.05 Å². The SMILES string of the molecule is C[C@H](CCC(=O)N(C)CCc1cnn(C)c1)N1CCCC1. The van der Waals surface area contributed by atoms with Crippen molar-refractivity contribution in [3.05, 3.63) is 18.0 Å². The van der Waals surface area contributed by atoms with Crippen molar-refractivity contribution in [1.29, 1.82) is 0 Å². The highest BCUT2D eigenvalue weighted by Crippen LogP contribution is 2.15. The van der Waals surface area contributed by atoms with Gasteiger partial charge in [0, 0.05) is 39.3 Å². The summed E-state index contributed by atoms with van der Waals surface area (Å²) in [5, 5.41) is 4.15. The molecule has 2 heterocycles. The van der Waals surface area contributed by atoms with E-state index < -0.39 is 0 Å². The molecule has 0 radical (unpaired) electrons. The Kier molecular flexibility index (Phi) is 5.79. The summed E-state index contributed by atoms with van der Waals surface area (Å²) in [7, 11) is 3.82. The van der Waals surface area contributed by atoms with Gasteiger partial charge in [0.2, 0.25) is 5.91 Å². The molecule has 0 unspecified atom stereocenters. The fourth-order valence-electron chi connectivity index (χ4n) is 2.91. The number of likely N-dealkylation sites (tertiary alicyclic amines) is 1. The zero-order valence-electron chi connectivity index (χ0n) is 13.6. The molecule has 1 fully saturated rings. The van der Waals surface area contributed by atoms with E-state index in [2.05, 4.69) is 16.9 Å². The van der Waals surface area contributed by atoms with Crippen LogP contribution >= 0.6 is 0 Å². The number of carbonyl (C=O) groups is 1. The molecule has 1 aromatic rings. The lowest BCUT2D eigenvalue weighted by molar-refractivity contribution is -0.130. The van der Waals surface area contributed by atoms with Crippen LogP contribution in [0.5, 0.6) is 0 Å². The molecular weight excluding hydrogens is 264 g/mol. The molecule has 5 nitrogen and oxygen atoms in total. The summed E-state index contributed by atoms with van der Waals surface area (Å²) >= 11 is 0. The predicted molar refractivity (Wildman–Crippen MR) is 84.1 cm³/mol. The first-order valence-corrected chi connectivity index (χ1v) is 8.02. The standard InChI is InChI=1S/C16H28N4O/c1-14(20-9-4-5-10-20)6-7-16(21)18(2)11-8-15-12-17-19(3)13-15/h12-14H,4-11H2,1-3H3/t14-/m1/s1. The lowest BCUT2D eigenvalue weighted by Gasteiger charge is -2.24. The molecule has 1 atom stereocenters. The van der Waals surface area contributed by atoms with Crippen LogP contribution in [0.15, 0.2) is 12.4 Å². The monoisotopic (exact) mass is 292 g/mol. The second-order valence-electron chi connectivity index (χ2n) is 6.22. The number of aromatic nitrogens is 2. The molecule has 1 saturated heterocycles.